The molecule has 5 rings (SSSR count). The zero-order chi connectivity index (χ0) is 31.6. The quantitative estimate of drug-likeness (QED) is 0.0464. The van der Waals surface area contributed by atoms with Crippen molar-refractivity contribution in [1.82, 2.24) is 20.4 Å². The summed E-state index contributed by atoms with van der Waals surface area (Å²) in [7, 11) is 0. The molecule has 0 saturated heterocycles. The van der Waals surface area contributed by atoms with Crippen LogP contribution in [-0.4, -0.2) is 37.9 Å². The Bertz CT molecular complexity index is 1820. The molecule has 0 aliphatic heterocycles. The van der Waals surface area contributed by atoms with Gasteiger partial charge >= 0.3 is 0 Å². The van der Waals surface area contributed by atoms with Gasteiger partial charge in [-0.1, -0.05) is 54.8 Å². The van der Waals surface area contributed by atoms with Crippen LogP contribution in [-0.2, 0) is 9.59 Å². The summed E-state index contributed by atoms with van der Waals surface area (Å²) >= 11 is 6.47. The van der Waals surface area contributed by atoms with Gasteiger partial charge in [0.25, 0.3) is 5.91 Å². The number of unbranched alkanes of at least 4 members (excludes halogenated alkanes) is 3. The van der Waals surface area contributed by atoms with Crippen molar-refractivity contribution >= 4 is 63.2 Å². The van der Waals surface area contributed by atoms with Gasteiger partial charge in [0, 0.05) is 58.1 Å². The molecule has 2 aromatic heterocycles. The van der Waals surface area contributed by atoms with Gasteiger partial charge < -0.3 is 20.9 Å². The van der Waals surface area contributed by atoms with Gasteiger partial charge in [0.2, 0.25) is 17.8 Å². The topological polar surface area (TPSA) is 161 Å². The molecule has 5 aromatic rings. The predicted octanol–water partition coefficient (Wildman–Crippen LogP) is 7.06. The molecular formula is C33H32ClN7O4. The van der Waals surface area contributed by atoms with Crippen molar-refractivity contribution in [3.63, 3.8) is 0 Å². The molecule has 0 aliphatic carbocycles. The van der Waals surface area contributed by atoms with Crippen molar-refractivity contribution in [3.8, 4) is 11.3 Å². The summed E-state index contributed by atoms with van der Waals surface area (Å²) in [5, 5.41) is 18.8. The fourth-order valence-electron chi connectivity index (χ4n) is 4.83. The summed E-state index contributed by atoms with van der Waals surface area (Å²) in [5.74, 6) is -0.554. The highest BCUT2D eigenvalue weighted by atomic mass is 35.5. The molecule has 0 aliphatic rings. The third-order valence-electron chi connectivity index (χ3n) is 7.06. The number of benzene rings is 3. The fraction of sp³-hybridized carbons (Fsp3) is 0.182. The third-order valence-corrected chi connectivity index (χ3v) is 7.33. The molecule has 0 atom stereocenters. The van der Waals surface area contributed by atoms with Crippen molar-refractivity contribution < 1.29 is 19.6 Å². The van der Waals surface area contributed by atoms with Crippen molar-refractivity contribution in [1.29, 1.82) is 0 Å². The highest BCUT2D eigenvalue weighted by Gasteiger charge is 2.14. The number of nitrogens with zero attached hydrogens (tertiary/aromatic N) is 2. The largest absolute Gasteiger partial charge is 0.360 e. The molecule has 3 aromatic carbocycles. The number of hydroxylamine groups is 1. The standard InChI is InChI=1S/C33H32ClN7O4/c34-27-20-36-33(40-31(27)26-19-35-28-14-6-5-13-25(26)28)39-24-12-8-11-23(18-24)38-32(44)21-9-7-10-22(17-21)37-29(42)15-3-1-2-4-16-30(43)41-45/h5-14,17-20,35,45H,1-4,15-16H2,(H,37,42)(H,38,44)(H,41,43)(H,36,39,40). The van der Waals surface area contributed by atoms with Crippen LogP contribution < -0.4 is 21.4 Å². The van der Waals surface area contributed by atoms with Crippen LogP contribution in [0.25, 0.3) is 22.2 Å². The average Bonchev–Trinajstić information content (AvgIpc) is 3.48. The molecule has 11 nitrogen and oxygen atoms in total. The highest BCUT2D eigenvalue weighted by molar-refractivity contribution is 6.33. The molecule has 0 bridgehead atoms. The Labute approximate surface area is 264 Å². The van der Waals surface area contributed by atoms with Crippen LogP contribution in [0.2, 0.25) is 5.02 Å². The minimum Gasteiger partial charge on any atom is -0.360 e. The number of hydrogen-bond donors (Lipinski definition) is 6. The molecule has 3 amide bonds. The van der Waals surface area contributed by atoms with E-state index in [0.29, 0.717) is 58.6 Å². The molecule has 0 spiro atoms. The van der Waals surface area contributed by atoms with E-state index < -0.39 is 5.91 Å². The highest BCUT2D eigenvalue weighted by Crippen LogP contribution is 2.33. The number of hydrogen-bond acceptors (Lipinski definition) is 7. The van der Waals surface area contributed by atoms with Crippen LogP contribution in [0.3, 0.4) is 0 Å². The van der Waals surface area contributed by atoms with Gasteiger partial charge in [-0.2, -0.15) is 0 Å². The van der Waals surface area contributed by atoms with Crippen molar-refractivity contribution in [3.05, 3.63) is 95.8 Å². The Kier molecular flexibility index (Phi) is 10.4. The molecule has 45 heavy (non-hydrogen) atoms. The van der Waals surface area contributed by atoms with E-state index in [2.05, 4.69) is 30.9 Å². The van der Waals surface area contributed by atoms with E-state index in [1.165, 1.54) is 0 Å². The number of nitrogens with one attached hydrogen (secondary N) is 5. The van der Waals surface area contributed by atoms with Crippen LogP contribution in [0.15, 0.2) is 85.2 Å². The number of aromatic amines is 1. The SMILES string of the molecule is O=C(CCCCCCC(=O)Nc1cccc(C(=O)Nc2cccc(Nc3ncc(Cl)c(-c4c[nH]c5ccccc45)n3)c2)c1)NO. The number of fused-ring (bicyclic) bond motifs is 1. The normalized spacial score (nSPS) is 10.8. The van der Waals surface area contributed by atoms with Crippen LogP contribution in [0.5, 0.6) is 0 Å². The molecular weight excluding hydrogens is 594 g/mol. The van der Waals surface area contributed by atoms with E-state index in [0.717, 1.165) is 29.3 Å². The summed E-state index contributed by atoms with van der Waals surface area (Å²) in [5.41, 5.74) is 6.17. The van der Waals surface area contributed by atoms with Crippen LogP contribution in [0.1, 0.15) is 48.9 Å². The Balaban J connectivity index is 1.17. The zero-order valence-corrected chi connectivity index (χ0v) is 25.0. The van der Waals surface area contributed by atoms with E-state index in [1.54, 1.807) is 54.1 Å². The molecule has 0 unspecified atom stereocenters. The zero-order valence-electron chi connectivity index (χ0n) is 24.3. The van der Waals surface area contributed by atoms with Gasteiger partial charge in [0.15, 0.2) is 0 Å². The number of carbonyl (C=O) groups excluding carboxylic acids is 3. The number of aromatic nitrogens is 3. The van der Waals surface area contributed by atoms with Crippen molar-refractivity contribution in [2.24, 2.45) is 0 Å². The first-order valence-electron chi connectivity index (χ1n) is 14.5. The minimum atomic E-state index is -0.412. The van der Waals surface area contributed by atoms with E-state index in [4.69, 9.17) is 16.8 Å². The first-order valence-corrected chi connectivity index (χ1v) is 14.9. The maximum Gasteiger partial charge on any atom is 0.255 e. The van der Waals surface area contributed by atoms with Gasteiger partial charge in [0.05, 0.1) is 16.9 Å². The predicted molar refractivity (Wildman–Crippen MR) is 175 cm³/mol. The number of H-pyrrole nitrogens is 1. The van der Waals surface area contributed by atoms with Gasteiger partial charge in [-0.15, -0.1) is 0 Å². The van der Waals surface area contributed by atoms with Crippen molar-refractivity contribution in [2.45, 2.75) is 38.5 Å². The second kappa shape index (κ2) is 15.0. The van der Waals surface area contributed by atoms with Crippen LogP contribution in [0, 0.1) is 0 Å². The Morgan fingerprint density at radius 3 is 2.31 bits per heavy atom. The Morgan fingerprint density at radius 2 is 1.51 bits per heavy atom. The molecule has 230 valence electrons. The van der Waals surface area contributed by atoms with Gasteiger partial charge in [-0.3, -0.25) is 19.6 Å². The van der Waals surface area contributed by atoms with E-state index in [9.17, 15) is 14.4 Å². The molecule has 0 fully saturated rings. The second-order valence-corrected chi connectivity index (χ2v) is 10.8. The number of rotatable bonds is 13. The minimum absolute atomic E-state index is 0.156. The molecule has 0 saturated carbocycles. The lowest BCUT2D eigenvalue weighted by Gasteiger charge is -2.11. The monoisotopic (exact) mass is 625 g/mol. The molecule has 2 heterocycles. The number of carbonyl (C=O) groups is 3. The van der Waals surface area contributed by atoms with Crippen LogP contribution >= 0.6 is 11.6 Å². The van der Waals surface area contributed by atoms with E-state index in [1.807, 2.05) is 36.5 Å². The van der Waals surface area contributed by atoms with Gasteiger partial charge in [0.1, 0.15) is 0 Å². The Hall–Kier alpha value is -5.26. The van der Waals surface area contributed by atoms with Crippen molar-refractivity contribution in [2.75, 3.05) is 16.0 Å². The molecule has 6 N–H and O–H groups in total. The van der Waals surface area contributed by atoms with E-state index in [-0.39, 0.29) is 18.2 Å². The van der Waals surface area contributed by atoms with E-state index >= 15 is 0 Å². The lowest BCUT2D eigenvalue weighted by molar-refractivity contribution is -0.129. The fourth-order valence-corrected chi connectivity index (χ4v) is 5.03. The average molecular weight is 626 g/mol. The van der Waals surface area contributed by atoms with Gasteiger partial charge in [-0.25, -0.2) is 15.4 Å². The Morgan fingerprint density at radius 1 is 0.800 bits per heavy atom. The summed E-state index contributed by atoms with van der Waals surface area (Å²) in [6.45, 7) is 0. The first kappa shape index (κ1) is 31.2. The number of halogens is 1. The maximum absolute atomic E-state index is 13.1. The smallest absolute Gasteiger partial charge is 0.255 e. The summed E-state index contributed by atoms with van der Waals surface area (Å²) < 4.78 is 0. The second-order valence-electron chi connectivity index (χ2n) is 10.4. The van der Waals surface area contributed by atoms with Crippen LogP contribution in [0.4, 0.5) is 23.0 Å². The number of para-hydroxylation sites is 1. The number of amides is 3. The third kappa shape index (κ3) is 8.43. The summed E-state index contributed by atoms with van der Waals surface area (Å²) in [6, 6.07) is 21.8. The molecule has 12 heteroatoms. The van der Waals surface area contributed by atoms with Gasteiger partial charge in [-0.05, 0) is 55.3 Å². The lowest BCUT2D eigenvalue weighted by Crippen LogP contribution is -2.17. The number of anilines is 4. The summed E-state index contributed by atoms with van der Waals surface area (Å²) in [4.78, 5) is 48.7. The molecule has 0 radical (unpaired) electrons. The summed E-state index contributed by atoms with van der Waals surface area (Å²) in [6.07, 6.45) is 6.88. The lowest BCUT2D eigenvalue weighted by atomic mass is 10.1. The maximum atomic E-state index is 13.1. The first-order chi connectivity index (χ1) is 21.9.